The molecule has 5 heteroatoms. The van der Waals surface area contributed by atoms with E-state index in [0.29, 0.717) is 23.3 Å². The summed E-state index contributed by atoms with van der Waals surface area (Å²) in [4.78, 5) is 25.7. The van der Waals surface area contributed by atoms with Gasteiger partial charge in [-0.1, -0.05) is 200 Å². The van der Waals surface area contributed by atoms with Crippen molar-refractivity contribution in [3.05, 3.63) is 212 Å². The predicted molar refractivity (Wildman–Crippen MR) is 236 cm³/mol. The summed E-state index contributed by atoms with van der Waals surface area (Å²) < 4.78 is 0. The largest absolute Gasteiger partial charge is 0.228 e. The lowest BCUT2D eigenvalue weighted by molar-refractivity contribution is 1.08. The van der Waals surface area contributed by atoms with Crippen LogP contribution in [0.1, 0.15) is 0 Å². The van der Waals surface area contributed by atoms with E-state index in [0.717, 1.165) is 77.8 Å². The Labute approximate surface area is 337 Å². The molecule has 272 valence electrons. The molecule has 0 fully saturated rings. The van der Waals surface area contributed by atoms with Crippen LogP contribution in [0.25, 0.3) is 101 Å². The molecule has 0 aliphatic rings. The zero-order chi connectivity index (χ0) is 38.7. The molecule has 0 atom stereocenters. The van der Waals surface area contributed by atoms with Crippen LogP contribution >= 0.6 is 0 Å². The Hall–Kier alpha value is -7.89. The SMILES string of the molecule is c1ccc(-c2cc(-c3ccccc3)nc(-c3cccc(-c4ccccc4-c4ccc5ccccc5c4-c4nc(-c5ccccc5)nc(-c5ccccc5)n4)c3)n2)cc1. The molecule has 5 nitrogen and oxygen atoms in total. The molecule has 0 saturated carbocycles. The number of aromatic nitrogens is 5. The second kappa shape index (κ2) is 15.3. The van der Waals surface area contributed by atoms with Gasteiger partial charge in [-0.3, -0.25) is 0 Å². The lowest BCUT2D eigenvalue weighted by atomic mass is 9.88. The van der Waals surface area contributed by atoms with Gasteiger partial charge < -0.3 is 0 Å². The van der Waals surface area contributed by atoms with Gasteiger partial charge in [-0.25, -0.2) is 24.9 Å². The fourth-order valence-electron chi connectivity index (χ4n) is 7.54. The lowest BCUT2D eigenvalue weighted by Gasteiger charge is -2.17. The first kappa shape index (κ1) is 34.6. The zero-order valence-corrected chi connectivity index (χ0v) is 31.4. The Bertz CT molecular complexity index is 2930. The minimum absolute atomic E-state index is 0.614. The molecule has 0 spiro atoms. The molecule has 0 unspecified atom stereocenters. The number of hydrogen-bond acceptors (Lipinski definition) is 5. The number of rotatable bonds is 8. The van der Waals surface area contributed by atoms with Gasteiger partial charge in [0.05, 0.1) is 11.4 Å². The highest BCUT2D eigenvalue weighted by Crippen LogP contribution is 2.42. The summed E-state index contributed by atoms with van der Waals surface area (Å²) in [5.74, 6) is 2.52. The molecule has 0 saturated heterocycles. The van der Waals surface area contributed by atoms with E-state index < -0.39 is 0 Å². The summed E-state index contributed by atoms with van der Waals surface area (Å²) in [7, 11) is 0. The molecule has 2 aromatic heterocycles. The number of benzene rings is 8. The van der Waals surface area contributed by atoms with Crippen molar-refractivity contribution in [2.24, 2.45) is 0 Å². The first-order chi connectivity index (χ1) is 28.7. The third-order valence-corrected chi connectivity index (χ3v) is 10.4. The van der Waals surface area contributed by atoms with Crippen LogP contribution < -0.4 is 0 Å². The highest BCUT2D eigenvalue weighted by atomic mass is 15.0. The van der Waals surface area contributed by atoms with E-state index in [1.54, 1.807) is 0 Å². The van der Waals surface area contributed by atoms with Crippen LogP contribution in [-0.4, -0.2) is 24.9 Å². The van der Waals surface area contributed by atoms with Gasteiger partial charge >= 0.3 is 0 Å². The maximum atomic E-state index is 5.22. The van der Waals surface area contributed by atoms with E-state index in [1.807, 2.05) is 97.1 Å². The van der Waals surface area contributed by atoms with Crippen LogP contribution in [0.5, 0.6) is 0 Å². The van der Waals surface area contributed by atoms with Gasteiger partial charge in [0.1, 0.15) is 0 Å². The van der Waals surface area contributed by atoms with E-state index in [4.69, 9.17) is 24.9 Å². The monoisotopic (exact) mass is 741 g/mol. The molecule has 0 radical (unpaired) electrons. The van der Waals surface area contributed by atoms with Gasteiger partial charge in [-0.15, -0.1) is 0 Å². The average molecular weight is 742 g/mol. The zero-order valence-electron chi connectivity index (χ0n) is 31.4. The van der Waals surface area contributed by atoms with Crippen molar-refractivity contribution in [3.8, 4) is 90.3 Å². The topological polar surface area (TPSA) is 64.5 Å². The fraction of sp³-hybridized carbons (Fsp3) is 0. The van der Waals surface area contributed by atoms with Crippen LogP contribution in [0.3, 0.4) is 0 Å². The third-order valence-electron chi connectivity index (χ3n) is 10.4. The molecular formula is C53H35N5. The summed E-state index contributed by atoms with van der Waals surface area (Å²) >= 11 is 0. The molecular weight excluding hydrogens is 707 g/mol. The Kier molecular flexibility index (Phi) is 9.14. The van der Waals surface area contributed by atoms with Crippen molar-refractivity contribution in [2.45, 2.75) is 0 Å². The van der Waals surface area contributed by atoms with Gasteiger partial charge in [-0.05, 0) is 45.2 Å². The highest BCUT2D eigenvalue weighted by Gasteiger charge is 2.21. The lowest BCUT2D eigenvalue weighted by Crippen LogP contribution is -2.02. The fourth-order valence-corrected chi connectivity index (χ4v) is 7.54. The molecule has 0 amide bonds. The Morgan fingerprint density at radius 1 is 0.241 bits per heavy atom. The second-order valence-electron chi connectivity index (χ2n) is 14.1. The highest BCUT2D eigenvalue weighted by molar-refractivity contribution is 6.05. The minimum Gasteiger partial charge on any atom is -0.228 e. The first-order valence-corrected chi connectivity index (χ1v) is 19.3. The second-order valence-corrected chi connectivity index (χ2v) is 14.1. The van der Waals surface area contributed by atoms with Crippen molar-refractivity contribution < 1.29 is 0 Å². The molecule has 10 aromatic rings. The Morgan fingerprint density at radius 2 is 0.690 bits per heavy atom. The van der Waals surface area contributed by atoms with Crippen molar-refractivity contribution in [1.29, 1.82) is 0 Å². The summed E-state index contributed by atoms with van der Waals surface area (Å²) in [5.41, 5.74) is 11.8. The summed E-state index contributed by atoms with van der Waals surface area (Å²) in [6.07, 6.45) is 0. The van der Waals surface area contributed by atoms with Crippen LogP contribution in [0.4, 0.5) is 0 Å². The summed E-state index contributed by atoms with van der Waals surface area (Å²) in [5, 5.41) is 2.17. The normalized spacial score (nSPS) is 11.1. The molecule has 0 bridgehead atoms. The van der Waals surface area contributed by atoms with Gasteiger partial charge in [0.15, 0.2) is 23.3 Å². The van der Waals surface area contributed by atoms with E-state index in [9.17, 15) is 0 Å². The smallest absolute Gasteiger partial charge is 0.165 e. The van der Waals surface area contributed by atoms with Crippen molar-refractivity contribution in [2.75, 3.05) is 0 Å². The Morgan fingerprint density at radius 3 is 1.29 bits per heavy atom. The van der Waals surface area contributed by atoms with Crippen molar-refractivity contribution in [3.63, 3.8) is 0 Å². The molecule has 8 aromatic carbocycles. The first-order valence-electron chi connectivity index (χ1n) is 19.3. The summed E-state index contributed by atoms with van der Waals surface area (Å²) in [6.45, 7) is 0. The molecule has 58 heavy (non-hydrogen) atoms. The van der Waals surface area contributed by atoms with Gasteiger partial charge in [0.25, 0.3) is 0 Å². The van der Waals surface area contributed by atoms with Crippen LogP contribution in [0, 0.1) is 0 Å². The van der Waals surface area contributed by atoms with Crippen molar-refractivity contribution in [1.82, 2.24) is 24.9 Å². The van der Waals surface area contributed by atoms with Crippen LogP contribution in [-0.2, 0) is 0 Å². The van der Waals surface area contributed by atoms with Crippen LogP contribution in [0.2, 0.25) is 0 Å². The number of nitrogens with zero attached hydrogens (tertiary/aromatic N) is 5. The van der Waals surface area contributed by atoms with Gasteiger partial charge in [0, 0.05) is 33.4 Å². The van der Waals surface area contributed by atoms with E-state index >= 15 is 0 Å². The third kappa shape index (κ3) is 6.82. The van der Waals surface area contributed by atoms with E-state index in [-0.39, 0.29) is 0 Å². The molecule has 10 rings (SSSR count). The Balaban J connectivity index is 1.16. The van der Waals surface area contributed by atoms with Crippen molar-refractivity contribution >= 4 is 10.8 Å². The number of hydrogen-bond donors (Lipinski definition) is 0. The summed E-state index contributed by atoms with van der Waals surface area (Å²) in [6, 6.07) is 72.8. The van der Waals surface area contributed by atoms with E-state index in [1.165, 1.54) is 0 Å². The van der Waals surface area contributed by atoms with Gasteiger partial charge in [-0.2, -0.15) is 0 Å². The predicted octanol–water partition coefficient (Wildman–Crippen LogP) is 13.2. The maximum absolute atomic E-state index is 5.22. The minimum atomic E-state index is 0.614. The number of fused-ring (bicyclic) bond motifs is 1. The van der Waals surface area contributed by atoms with Gasteiger partial charge in [0.2, 0.25) is 0 Å². The molecule has 0 aliphatic heterocycles. The van der Waals surface area contributed by atoms with E-state index in [2.05, 4.69) is 115 Å². The molecule has 0 N–H and O–H groups in total. The standard InChI is InChI=1S/C53H35N5/c1-5-19-37(20-6-1)47-35-48(38-21-7-2-8-22-38)55-52(54-47)42-28-17-27-41(34-42)43-29-15-16-31-45(43)46-33-32-36-18-13-14-30-44(36)49(46)53-57-50(39-23-9-3-10-24-39)56-51(58-53)40-25-11-4-12-26-40/h1-35H. The maximum Gasteiger partial charge on any atom is 0.165 e. The van der Waals surface area contributed by atoms with Crippen LogP contribution in [0.15, 0.2) is 212 Å². The molecule has 0 aliphatic carbocycles. The average Bonchev–Trinajstić information content (AvgIpc) is 3.32. The molecule has 2 heterocycles. The quantitative estimate of drug-likeness (QED) is 0.155.